The molecule has 0 aliphatic heterocycles. The number of anilines is 2. The molecule has 0 fully saturated rings. The van der Waals surface area contributed by atoms with Crippen molar-refractivity contribution >= 4 is 39.9 Å². The molecule has 1 atom stereocenters. The first kappa shape index (κ1) is 21.0. The van der Waals surface area contributed by atoms with Gasteiger partial charge in [-0.25, -0.2) is 14.2 Å². The second-order valence-corrected chi connectivity index (χ2v) is 9.15. The Labute approximate surface area is 177 Å². The predicted octanol–water partition coefficient (Wildman–Crippen LogP) is 4.38. The second kappa shape index (κ2) is 8.31. The van der Waals surface area contributed by atoms with E-state index in [0.29, 0.717) is 21.3 Å². The molecule has 0 saturated carbocycles. The fraction of sp³-hybridized carbons (Fsp3) is 0.190. The van der Waals surface area contributed by atoms with Gasteiger partial charge >= 0.3 is 0 Å². The highest BCUT2D eigenvalue weighted by Gasteiger charge is 2.19. The molecule has 0 radical (unpaired) electrons. The van der Waals surface area contributed by atoms with Crippen molar-refractivity contribution in [2.24, 2.45) is 0 Å². The normalized spacial score (nSPS) is 12.4. The summed E-state index contributed by atoms with van der Waals surface area (Å²) in [6.45, 7) is 6.33. The van der Waals surface area contributed by atoms with Gasteiger partial charge in [0.15, 0.2) is 0 Å². The van der Waals surface area contributed by atoms with E-state index in [2.05, 4.69) is 35.5 Å². The largest absolute Gasteiger partial charge is 0.384 e. The van der Waals surface area contributed by atoms with Crippen molar-refractivity contribution < 1.29 is 9.00 Å². The molecule has 0 saturated heterocycles. The Morgan fingerprint density at radius 3 is 2.34 bits per heavy atom. The number of carbonyl (C=O) groups excluding carboxylic acids is 1. The van der Waals surface area contributed by atoms with E-state index in [-0.39, 0.29) is 22.6 Å². The predicted molar refractivity (Wildman–Crippen MR) is 117 cm³/mol. The summed E-state index contributed by atoms with van der Waals surface area (Å²) in [7, 11) is -1.60. The van der Waals surface area contributed by atoms with E-state index in [9.17, 15) is 9.00 Å². The van der Waals surface area contributed by atoms with Crippen molar-refractivity contribution in [3.63, 3.8) is 0 Å². The van der Waals surface area contributed by atoms with Gasteiger partial charge in [-0.15, -0.1) is 0 Å². The summed E-state index contributed by atoms with van der Waals surface area (Å²) in [6.07, 6.45) is 2.74. The zero-order chi connectivity index (χ0) is 21.2. The Kier molecular flexibility index (Phi) is 6.00. The number of nitrogens with two attached hydrogens (primary N) is 1. The molecule has 2 heterocycles. The molecule has 0 amide bonds. The summed E-state index contributed by atoms with van der Waals surface area (Å²) in [5.41, 5.74) is 7.40. The maximum Gasteiger partial charge on any atom is 0.215 e. The first-order valence-corrected chi connectivity index (χ1v) is 10.4. The lowest BCUT2D eigenvalue weighted by atomic mass is 9.87. The molecular formula is C21H21ClN4O2S. The van der Waals surface area contributed by atoms with Crippen molar-refractivity contribution in [3.05, 3.63) is 76.7 Å². The van der Waals surface area contributed by atoms with Crippen molar-refractivity contribution in [2.75, 3.05) is 10.5 Å². The molecule has 0 bridgehead atoms. The highest BCUT2D eigenvalue weighted by Crippen LogP contribution is 2.25. The Hall–Kier alpha value is -2.77. The fourth-order valence-corrected chi connectivity index (χ4v) is 3.63. The molecule has 6 nitrogen and oxygen atoms in total. The number of ketones is 1. The highest BCUT2D eigenvalue weighted by molar-refractivity contribution is 7.86. The number of rotatable bonds is 5. The third kappa shape index (κ3) is 4.99. The monoisotopic (exact) mass is 428 g/mol. The third-order valence-electron chi connectivity index (χ3n) is 4.26. The summed E-state index contributed by atoms with van der Waals surface area (Å²) < 4.78 is 15.7. The van der Waals surface area contributed by atoms with Crippen LogP contribution in [0.25, 0.3) is 0 Å². The smallest absolute Gasteiger partial charge is 0.215 e. The van der Waals surface area contributed by atoms with E-state index in [4.69, 9.17) is 17.3 Å². The van der Waals surface area contributed by atoms with Crippen LogP contribution in [-0.2, 0) is 16.4 Å². The second-order valence-electron chi connectivity index (χ2n) is 7.50. The lowest BCUT2D eigenvalue weighted by molar-refractivity contribution is 0.103. The maximum absolute atomic E-state index is 12.8. The van der Waals surface area contributed by atoms with Crippen molar-refractivity contribution in [1.82, 2.24) is 9.97 Å². The van der Waals surface area contributed by atoms with Gasteiger partial charge in [0.1, 0.15) is 22.5 Å². The van der Waals surface area contributed by atoms with Crippen LogP contribution in [0, 0.1) is 0 Å². The fourth-order valence-electron chi connectivity index (χ4n) is 2.61. The first-order valence-electron chi connectivity index (χ1n) is 8.86. The van der Waals surface area contributed by atoms with E-state index >= 15 is 0 Å². The summed E-state index contributed by atoms with van der Waals surface area (Å²) in [4.78, 5) is 21.5. The number of benzene rings is 1. The van der Waals surface area contributed by atoms with Crippen LogP contribution in [0.3, 0.4) is 0 Å². The highest BCUT2D eigenvalue weighted by atomic mass is 35.5. The minimum Gasteiger partial charge on any atom is -0.384 e. The van der Waals surface area contributed by atoms with Crippen molar-refractivity contribution in [3.8, 4) is 0 Å². The van der Waals surface area contributed by atoms with Gasteiger partial charge in [-0.2, -0.15) is 0 Å². The number of pyridine rings is 2. The van der Waals surface area contributed by atoms with Crippen LogP contribution in [0.5, 0.6) is 0 Å². The first-order chi connectivity index (χ1) is 13.6. The minimum absolute atomic E-state index is 0.00295. The van der Waals surface area contributed by atoms with Gasteiger partial charge in [-0.3, -0.25) is 9.52 Å². The average molecular weight is 429 g/mol. The van der Waals surface area contributed by atoms with E-state index in [1.165, 1.54) is 24.5 Å². The average Bonchev–Trinajstić information content (AvgIpc) is 2.67. The molecule has 0 aliphatic rings. The lowest BCUT2D eigenvalue weighted by Gasteiger charge is -2.19. The van der Waals surface area contributed by atoms with Gasteiger partial charge in [0.2, 0.25) is 5.78 Å². The molecule has 0 aliphatic carbocycles. The topological polar surface area (TPSA) is 98.0 Å². The summed E-state index contributed by atoms with van der Waals surface area (Å²) >= 11 is 6.05. The van der Waals surface area contributed by atoms with Crippen LogP contribution < -0.4 is 10.5 Å². The number of nitrogen functional groups attached to an aromatic ring is 1. The van der Waals surface area contributed by atoms with Crippen molar-refractivity contribution in [1.29, 1.82) is 0 Å². The summed E-state index contributed by atoms with van der Waals surface area (Å²) in [6, 6.07) is 12.1. The minimum atomic E-state index is -1.60. The number of hydrogen-bond acceptors (Lipinski definition) is 5. The molecule has 3 rings (SSSR count). The maximum atomic E-state index is 12.8. The molecule has 1 unspecified atom stereocenters. The number of carbonyl (C=O) groups is 1. The van der Waals surface area contributed by atoms with Crippen LogP contribution in [0.15, 0.2) is 59.8 Å². The van der Waals surface area contributed by atoms with Crippen LogP contribution in [-0.4, -0.2) is 20.0 Å². The lowest BCUT2D eigenvalue weighted by Crippen LogP contribution is -2.14. The zero-order valence-corrected chi connectivity index (χ0v) is 17.8. The number of nitrogens with one attached hydrogen (secondary N) is 1. The Balaban J connectivity index is 1.89. The van der Waals surface area contributed by atoms with Gasteiger partial charge < -0.3 is 5.73 Å². The molecule has 2 aromatic heterocycles. The van der Waals surface area contributed by atoms with Crippen LogP contribution in [0.4, 0.5) is 11.5 Å². The Bertz CT molecular complexity index is 1060. The Morgan fingerprint density at radius 2 is 1.76 bits per heavy atom. The Morgan fingerprint density at radius 1 is 1.07 bits per heavy atom. The van der Waals surface area contributed by atoms with E-state index in [1.54, 1.807) is 18.2 Å². The van der Waals surface area contributed by atoms with Gasteiger partial charge in [0, 0.05) is 18.0 Å². The molecule has 3 aromatic rings. The summed E-state index contributed by atoms with van der Waals surface area (Å²) in [5, 5.41) is 0.319. The van der Waals surface area contributed by atoms with E-state index in [0.717, 1.165) is 5.56 Å². The third-order valence-corrected chi connectivity index (χ3v) is 5.57. The number of halogens is 1. The van der Waals surface area contributed by atoms with Gasteiger partial charge in [-0.05, 0) is 41.3 Å². The standard InChI is InChI=1S/C21H21ClN4O2S/c1-21(2,3)14-5-7-16(8-6-14)29(28)26-17-10-15(22)12-25-19(17)20(27)13-4-9-18(23)24-11-13/h4-12,26H,1-3H3,(H2,23,24). The van der Waals surface area contributed by atoms with Crippen LogP contribution in [0.2, 0.25) is 5.02 Å². The number of nitrogens with zero attached hydrogens (tertiary/aromatic N) is 2. The molecular weight excluding hydrogens is 408 g/mol. The molecule has 0 spiro atoms. The zero-order valence-electron chi connectivity index (χ0n) is 16.3. The molecule has 3 N–H and O–H groups in total. The number of aromatic nitrogens is 2. The van der Waals surface area contributed by atoms with Gasteiger partial charge in [0.05, 0.1) is 15.6 Å². The quantitative estimate of drug-likeness (QED) is 0.588. The molecule has 29 heavy (non-hydrogen) atoms. The van der Waals surface area contributed by atoms with E-state index < -0.39 is 11.0 Å². The molecule has 8 heteroatoms. The molecule has 1 aromatic carbocycles. The molecule has 150 valence electrons. The van der Waals surface area contributed by atoms with Crippen LogP contribution in [0.1, 0.15) is 42.4 Å². The number of hydrogen-bond donors (Lipinski definition) is 2. The summed E-state index contributed by atoms with van der Waals surface area (Å²) in [5.74, 6) is -0.0690. The van der Waals surface area contributed by atoms with Crippen molar-refractivity contribution in [2.45, 2.75) is 31.1 Å². The van der Waals surface area contributed by atoms with Crippen LogP contribution >= 0.6 is 11.6 Å². The van der Waals surface area contributed by atoms with E-state index in [1.807, 2.05) is 12.1 Å². The van der Waals surface area contributed by atoms with Gasteiger partial charge in [0.25, 0.3) is 0 Å². The van der Waals surface area contributed by atoms with Gasteiger partial charge in [-0.1, -0.05) is 44.5 Å². The SMILES string of the molecule is CC(C)(C)c1ccc(S(=O)Nc2cc(Cl)cnc2C(=O)c2ccc(N)nc2)cc1.